The Bertz CT molecular complexity index is 1090. The first-order chi connectivity index (χ1) is 24.8. The van der Waals surface area contributed by atoms with Gasteiger partial charge in [0, 0.05) is 0 Å². The third-order valence-corrected chi connectivity index (χ3v) is 9.85. The molecule has 1 aliphatic carbocycles. The number of amides is 1. The molecule has 302 valence electrons. The van der Waals surface area contributed by atoms with Gasteiger partial charge in [-0.05, 0) is 57.8 Å². The highest BCUT2D eigenvalue weighted by Gasteiger charge is 2.51. The summed E-state index contributed by atoms with van der Waals surface area (Å²) in [6, 6.07) is -1.28. The summed E-state index contributed by atoms with van der Waals surface area (Å²) >= 11 is 0. The van der Waals surface area contributed by atoms with Crippen molar-refractivity contribution in [2.45, 2.75) is 178 Å². The molecule has 8 atom stereocenters. The fourth-order valence-electron chi connectivity index (χ4n) is 5.62. The van der Waals surface area contributed by atoms with Gasteiger partial charge in [0.15, 0.2) is 0 Å². The maximum absolute atomic E-state index is 12.8. The van der Waals surface area contributed by atoms with Crippen molar-refractivity contribution < 1.29 is 59.0 Å². The van der Waals surface area contributed by atoms with Crippen LogP contribution in [0.15, 0.2) is 48.6 Å². The number of carbonyl (C=O) groups excluding carboxylic acids is 1. The van der Waals surface area contributed by atoms with Crippen molar-refractivity contribution in [1.82, 2.24) is 5.32 Å². The van der Waals surface area contributed by atoms with Crippen LogP contribution in [-0.2, 0) is 18.4 Å². The number of phosphoric acid groups is 1. The van der Waals surface area contributed by atoms with Crippen LogP contribution in [0.3, 0.4) is 0 Å². The number of nitrogens with one attached hydrogen (secondary N) is 1. The normalized spacial score (nSPS) is 25.7. The Labute approximate surface area is 310 Å². The van der Waals surface area contributed by atoms with Crippen molar-refractivity contribution >= 4 is 13.7 Å². The van der Waals surface area contributed by atoms with Crippen molar-refractivity contribution in [2.24, 2.45) is 0 Å². The minimum atomic E-state index is -5.15. The van der Waals surface area contributed by atoms with Gasteiger partial charge in [0.05, 0.1) is 31.3 Å². The van der Waals surface area contributed by atoms with E-state index in [-0.39, 0.29) is 12.8 Å². The lowest BCUT2D eigenvalue weighted by Crippen LogP contribution is -2.64. The Morgan fingerprint density at radius 1 is 0.673 bits per heavy atom. The predicted molar refractivity (Wildman–Crippen MR) is 201 cm³/mol. The number of aliphatic hydroxyl groups excluding tert-OH is 7. The molecule has 52 heavy (non-hydrogen) atoms. The first-order valence-corrected chi connectivity index (χ1v) is 20.7. The van der Waals surface area contributed by atoms with Crippen LogP contribution >= 0.6 is 7.82 Å². The van der Waals surface area contributed by atoms with E-state index in [0.717, 1.165) is 51.4 Å². The maximum atomic E-state index is 12.8. The number of hydrogen-bond acceptors (Lipinski definition) is 11. The Balaban J connectivity index is 2.73. The zero-order chi connectivity index (χ0) is 38.8. The molecule has 14 heteroatoms. The summed E-state index contributed by atoms with van der Waals surface area (Å²) in [4.78, 5) is 23.2. The SMILES string of the molecule is CCCCCC/C=C\CC(O)CC(=O)NC(COP(=O)(O)OC1C(O)C(O)C(O)C(O)C1O)C(O)/C=C/CC/C=C/CC/C=C/CCCCCCC. The molecule has 1 rings (SSSR count). The quantitative estimate of drug-likeness (QED) is 0.0294. The van der Waals surface area contributed by atoms with Gasteiger partial charge in [-0.2, -0.15) is 0 Å². The van der Waals surface area contributed by atoms with E-state index in [2.05, 4.69) is 37.4 Å². The van der Waals surface area contributed by atoms with Crippen LogP contribution in [0.4, 0.5) is 0 Å². The molecule has 0 spiro atoms. The lowest BCUT2D eigenvalue weighted by molar-refractivity contribution is -0.220. The smallest absolute Gasteiger partial charge is 0.392 e. The van der Waals surface area contributed by atoms with Crippen molar-refractivity contribution in [3.63, 3.8) is 0 Å². The van der Waals surface area contributed by atoms with Gasteiger partial charge >= 0.3 is 7.82 Å². The minimum Gasteiger partial charge on any atom is -0.392 e. The highest BCUT2D eigenvalue weighted by Crippen LogP contribution is 2.47. The van der Waals surface area contributed by atoms with E-state index in [1.807, 2.05) is 18.2 Å². The Kier molecular flexibility index (Phi) is 26.6. The maximum Gasteiger partial charge on any atom is 0.472 e. The summed E-state index contributed by atoms with van der Waals surface area (Å²) in [6.07, 6.45) is 16.9. The molecule has 1 fully saturated rings. The highest BCUT2D eigenvalue weighted by molar-refractivity contribution is 7.47. The van der Waals surface area contributed by atoms with Crippen molar-refractivity contribution in [2.75, 3.05) is 6.61 Å². The zero-order valence-corrected chi connectivity index (χ0v) is 32.1. The second kappa shape index (κ2) is 28.7. The molecule has 0 radical (unpaired) electrons. The van der Waals surface area contributed by atoms with Crippen LogP contribution in [-0.4, -0.2) is 108 Å². The molecule has 0 bridgehead atoms. The molecule has 8 unspecified atom stereocenters. The molecule has 9 N–H and O–H groups in total. The van der Waals surface area contributed by atoms with E-state index in [9.17, 15) is 50.0 Å². The summed E-state index contributed by atoms with van der Waals surface area (Å²) in [5.41, 5.74) is 0. The Hall–Kier alpha value is -1.74. The van der Waals surface area contributed by atoms with Gasteiger partial charge in [-0.15, -0.1) is 0 Å². The van der Waals surface area contributed by atoms with Gasteiger partial charge in [-0.25, -0.2) is 4.57 Å². The lowest BCUT2D eigenvalue weighted by Gasteiger charge is -2.41. The van der Waals surface area contributed by atoms with Gasteiger partial charge in [0.1, 0.15) is 36.6 Å². The third kappa shape index (κ3) is 21.2. The van der Waals surface area contributed by atoms with Crippen LogP contribution in [0.1, 0.15) is 123 Å². The number of aliphatic hydroxyl groups is 7. The van der Waals surface area contributed by atoms with Gasteiger partial charge in [0.25, 0.3) is 0 Å². The van der Waals surface area contributed by atoms with Crippen LogP contribution in [0, 0.1) is 0 Å². The number of unbranched alkanes of at least 4 members (excludes halogenated alkanes) is 11. The monoisotopic (exact) mass is 761 g/mol. The van der Waals surface area contributed by atoms with Gasteiger partial charge < -0.3 is 46.0 Å². The average molecular weight is 762 g/mol. The van der Waals surface area contributed by atoms with E-state index in [1.54, 1.807) is 6.08 Å². The van der Waals surface area contributed by atoms with E-state index in [1.165, 1.54) is 38.2 Å². The minimum absolute atomic E-state index is 0.242. The summed E-state index contributed by atoms with van der Waals surface area (Å²) in [6.45, 7) is 3.58. The number of carbonyl (C=O) groups is 1. The van der Waals surface area contributed by atoms with Gasteiger partial charge in [-0.1, -0.05) is 107 Å². The highest BCUT2D eigenvalue weighted by atomic mass is 31.2. The topological polar surface area (TPSA) is 226 Å². The zero-order valence-electron chi connectivity index (χ0n) is 31.2. The fourth-order valence-corrected chi connectivity index (χ4v) is 6.59. The van der Waals surface area contributed by atoms with Crippen LogP contribution in [0.2, 0.25) is 0 Å². The largest absolute Gasteiger partial charge is 0.472 e. The van der Waals surface area contributed by atoms with E-state index in [4.69, 9.17) is 9.05 Å². The second-order valence-corrected chi connectivity index (χ2v) is 15.0. The summed E-state index contributed by atoms with van der Waals surface area (Å²) in [5, 5.41) is 73.7. The molecule has 0 aliphatic heterocycles. The van der Waals surface area contributed by atoms with Crippen molar-refractivity contribution in [3.8, 4) is 0 Å². The molecule has 1 saturated carbocycles. The van der Waals surface area contributed by atoms with E-state index < -0.39 is 75.2 Å². The summed E-state index contributed by atoms with van der Waals surface area (Å²) < 4.78 is 22.6. The molecule has 1 aliphatic rings. The fraction of sp³-hybridized carbons (Fsp3) is 0.763. The predicted octanol–water partition coefficient (Wildman–Crippen LogP) is 4.41. The Morgan fingerprint density at radius 3 is 1.69 bits per heavy atom. The van der Waals surface area contributed by atoms with Crippen LogP contribution < -0.4 is 5.32 Å². The molecule has 0 aromatic rings. The standard InChI is InChI=1S/C38H68NO12P/c1-3-5-7-9-11-12-13-14-15-16-17-18-20-22-24-26-31(41)30(39-32(42)27-29(40)25-23-21-19-10-8-6-4-2)28-50-52(48,49)51-38-36(46)34(44)33(43)35(45)37(38)47/h13-14,17-18,21,23-24,26,29-31,33-38,40-41,43-47H,3-12,15-16,19-20,22,25,27-28H2,1-2H3,(H,39,42)(H,48,49)/b14-13+,18-17+,23-21-,26-24+. The molecule has 1 amide bonds. The van der Waals surface area contributed by atoms with Gasteiger partial charge in [-0.3, -0.25) is 13.8 Å². The molecule has 0 saturated heterocycles. The van der Waals surface area contributed by atoms with E-state index in [0.29, 0.717) is 12.8 Å². The molecule has 0 heterocycles. The number of allylic oxidation sites excluding steroid dienone is 6. The molecule has 13 nitrogen and oxygen atoms in total. The second-order valence-electron chi connectivity index (χ2n) is 13.6. The lowest BCUT2D eigenvalue weighted by atomic mass is 9.85. The molecule has 0 aromatic carbocycles. The molecule has 0 aromatic heterocycles. The number of rotatable bonds is 29. The first-order valence-electron chi connectivity index (χ1n) is 19.2. The first kappa shape index (κ1) is 48.3. The number of hydrogen-bond donors (Lipinski definition) is 9. The van der Waals surface area contributed by atoms with Crippen molar-refractivity contribution in [3.05, 3.63) is 48.6 Å². The summed E-state index contributed by atoms with van der Waals surface area (Å²) in [7, 11) is -5.15. The van der Waals surface area contributed by atoms with Crippen LogP contribution in [0.5, 0.6) is 0 Å². The van der Waals surface area contributed by atoms with Crippen LogP contribution in [0.25, 0.3) is 0 Å². The summed E-state index contributed by atoms with van der Waals surface area (Å²) in [5.74, 6) is -0.648. The average Bonchev–Trinajstić information content (AvgIpc) is 3.11. The third-order valence-electron chi connectivity index (χ3n) is 8.86. The molecular weight excluding hydrogens is 693 g/mol. The number of phosphoric ester groups is 1. The Morgan fingerprint density at radius 2 is 1.13 bits per heavy atom. The van der Waals surface area contributed by atoms with Gasteiger partial charge in [0.2, 0.25) is 5.91 Å². The van der Waals surface area contributed by atoms with Crippen molar-refractivity contribution in [1.29, 1.82) is 0 Å². The molecular formula is C38H68NO12P. The van der Waals surface area contributed by atoms with E-state index >= 15 is 0 Å².